The highest BCUT2D eigenvalue weighted by atomic mass is 16.6. The average Bonchev–Trinajstić information content (AvgIpc) is 2.82. The second kappa shape index (κ2) is 10.1. The molecule has 0 radical (unpaired) electrons. The fourth-order valence-corrected chi connectivity index (χ4v) is 4.19. The zero-order valence-corrected chi connectivity index (χ0v) is 19.7. The molecule has 2 aromatic carbocycles. The minimum Gasteiger partial charge on any atom is -0.508 e. The predicted octanol–water partition coefficient (Wildman–Crippen LogP) is 1.23. The van der Waals surface area contributed by atoms with Gasteiger partial charge in [0, 0.05) is 31.5 Å². The standard InChI is InChI=1S/C25H24O12/c1-10(26)34-9-18-21(31)23(33)25(35-11(2)27)24(37-18)20-15(30)8-17-19(22(20)32)14(29)7-16(36-17)12-3-5-13(28)6-4-12/h3-8,18,21,23-25,28,30-33H,9H2,1-2H3. The Bertz CT molecular complexity index is 1390. The zero-order chi connectivity index (χ0) is 27.0. The summed E-state index contributed by atoms with van der Waals surface area (Å²) >= 11 is 0. The van der Waals surface area contributed by atoms with E-state index in [-0.39, 0.29) is 22.5 Å². The summed E-state index contributed by atoms with van der Waals surface area (Å²) in [5.41, 5.74) is -0.857. The normalized spacial score (nSPS) is 23.5. The van der Waals surface area contributed by atoms with Gasteiger partial charge in [-0.15, -0.1) is 0 Å². The van der Waals surface area contributed by atoms with Gasteiger partial charge < -0.3 is 44.2 Å². The van der Waals surface area contributed by atoms with E-state index in [1.165, 1.54) is 24.3 Å². The Morgan fingerprint density at radius 3 is 2.27 bits per heavy atom. The van der Waals surface area contributed by atoms with Gasteiger partial charge in [-0.25, -0.2) is 0 Å². The molecule has 0 aliphatic carbocycles. The number of carbonyl (C=O) groups excluding carboxylic acids is 2. The number of rotatable bonds is 5. The Balaban J connectivity index is 1.83. The SMILES string of the molecule is CC(=O)OCC1OC(c2c(O)cc3oc(-c4ccc(O)cc4)cc(=O)c3c2O)C(OC(C)=O)C(O)C1O. The number of ether oxygens (including phenoxy) is 3. The van der Waals surface area contributed by atoms with Crippen LogP contribution >= 0.6 is 0 Å². The van der Waals surface area contributed by atoms with Crippen LogP contribution < -0.4 is 5.43 Å². The molecular weight excluding hydrogens is 492 g/mol. The lowest BCUT2D eigenvalue weighted by atomic mass is 9.89. The number of carbonyl (C=O) groups is 2. The quantitative estimate of drug-likeness (QED) is 0.305. The van der Waals surface area contributed by atoms with Crippen molar-refractivity contribution in [2.24, 2.45) is 0 Å². The van der Waals surface area contributed by atoms with E-state index in [0.717, 1.165) is 26.0 Å². The number of benzene rings is 2. The fourth-order valence-electron chi connectivity index (χ4n) is 4.19. The molecule has 0 bridgehead atoms. The Kier molecular flexibility index (Phi) is 7.07. The molecule has 5 atom stereocenters. The zero-order valence-electron chi connectivity index (χ0n) is 19.7. The fraction of sp³-hybridized carbons (Fsp3) is 0.320. The van der Waals surface area contributed by atoms with Gasteiger partial charge in [0.2, 0.25) is 0 Å². The van der Waals surface area contributed by atoms with Crippen molar-refractivity contribution in [1.29, 1.82) is 0 Å². The van der Waals surface area contributed by atoms with Gasteiger partial charge in [-0.1, -0.05) is 0 Å². The van der Waals surface area contributed by atoms with Gasteiger partial charge in [0.1, 0.15) is 65.0 Å². The van der Waals surface area contributed by atoms with Crippen molar-refractivity contribution in [2.45, 2.75) is 44.4 Å². The summed E-state index contributed by atoms with van der Waals surface area (Å²) in [6.07, 6.45) is -7.96. The third-order valence-electron chi connectivity index (χ3n) is 5.89. The molecule has 1 aliphatic rings. The maximum atomic E-state index is 13.0. The molecule has 37 heavy (non-hydrogen) atoms. The molecule has 12 heteroatoms. The van der Waals surface area contributed by atoms with E-state index < -0.39 is 71.6 Å². The Hall–Kier alpha value is -4.13. The van der Waals surface area contributed by atoms with Gasteiger partial charge in [-0.05, 0) is 24.3 Å². The minimum atomic E-state index is -1.77. The highest BCUT2D eigenvalue weighted by Crippen LogP contribution is 2.45. The number of esters is 2. The van der Waals surface area contributed by atoms with Crippen LogP contribution in [0, 0.1) is 0 Å². The van der Waals surface area contributed by atoms with Gasteiger partial charge in [-0.3, -0.25) is 14.4 Å². The molecule has 4 rings (SSSR count). The van der Waals surface area contributed by atoms with Crippen molar-refractivity contribution in [2.75, 3.05) is 6.61 Å². The van der Waals surface area contributed by atoms with E-state index in [1.807, 2.05) is 0 Å². The van der Waals surface area contributed by atoms with Crippen LogP contribution in [-0.2, 0) is 23.8 Å². The van der Waals surface area contributed by atoms with Crippen LogP contribution in [0.5, 0.6) is 17.2 Å². The topological polar surface area (TPSA) is 193 Å². The number of aliphatic hydroxyl groups is 2. The van der Waals surface area contributed by atoms with Crippen LogP contribution in [-0.4, -0.2) is 68.5 Å². The minimum absolute atomic E-state index is 0.000876. The van der Waals surface area contributed by atoms with E-state index in [2.05, 4.69) is 0 Å². The average molecular weight is 516 g/mol. The number of hydrogen-bond acceptors (Lipinski definition) is 12. The highest BCUT2D eigenvalue weighted by Gasteiger charge is 2.49. The molecule has 1 aromatic heterocycles. The second-order valence-electron chi connectivity index (χ2n) is 8.51. The summed E-state index contributed by atoms with van der Waals surface area (Å²) < 4.78 is 21.4. The van der Waals surface area contributed by atoms with E-state index >= 15 is 0 Å². The van der Waals surface area contributed by atoms with E-state index in [0.29, 0.717) is 5.56 Å². The Morgan fingerprint density at radius 2 is 1.65 bits per heavy atom. The first-order valence-corrected chi connectivity index (χ1v) is 11.1. The summed E-state index contributed by atoms with van der Waals surface area (Å²) in [6.45, 7) is 1.67. The number of aromatic hydroxyl groups is 3. The van der Waals surface area contributed by atoms with E-state index in [1.54, 1.807) is 0 Å². The molecule has 1 saturated heterocycles. The summed E-state index contributed by atoms with van der Waals surface area (Å²) in [4.78, 5) is 36.0. The van der Waals surface area contributed by atoms with Crippen LogP contribution in [0.1, 0.15) is 25.5 Å². The largest absolute Gasteiger partial charge is 0.508 e. The van der Waals surface area contributed by atoms with Gasteiger partial charge >= 0.3 is 11.9 Å². The summed E-state index contributed by atoms with van der Waals surface area (Å²) in [5.74, 6) is -2.86. The molecule has 5 N–H and O–H groups in total. The number of phenols is 3. The first-order chi connectivity index (χ1) is 17.5. The van der Waals surface area contributed by atoms with Crippen molar-refractivity contribution < 1.29 is 53.7 Å². The van der Waals surface area contributed by atoms with Gasteiger partial charge in [0.05, 0.1) is 5.56 Å². The molecule has 0 saturated carbocycles. The van der Waals surface area contributed by atoms with Crippen LogP contribution in [0.25, 0.3) is 22.3 Å². The molecule has 1 aliphatic heterocycles. The van der Waals surface area contributed by atoms with E-state index in [4.69, 9.17) is 18.6 Å². The Labute approximate surface area is 208 Å². The number of hydrogen-bond donors (Lipinski definition) is 5. The lowest BCUT2D eigenvalue weighted by molar-refractivity contribution is -0.242. The molecule has 5 unspecified atom stereocenters. The van der Waals surface area contributed by atoms with Crippen LogP contribution in [0.2, 0.25) is 0 Å². The third-order valence-corrected chi connectivity index (χ3v) is 5.89. The van der Waals surface area contributed by atoms with Crippen LogP contribution in [0.15, 0.2) is 45.6 Å². The smallest absolute Gasteiger partial charge is 0.303 e. The monoisotopic (exact) mass is 516 g/mol. The van der Waals surface area contributed by atoms with Gasteiger partial charge in [-0.2, -0.15) is 0 Å². The predicted molar refractivity (Wildman–Crippen MR) is 125 cm³/mol. The lowest BCUT2D eigenvalue weighted by Gasteiger charge is -2.42. The maximum Gasteiger partial charge on any atom is 0.303 e. The second-order valence-corrected chi connectivity index (χ2v) is 8.51. The van der Waals surface area contributed by atoms with Gasteiger partial charge in [0.25, 0.3) is 0 Å². The number of phenolic OH excluding ortho intramolecular Hbond substituents is 3. The molecule has 1 fully saturated rings. The first-order valence-electron chi connectivity index (χ1n) is 11.1. The Morgan fingerprint density at radius 1 is 0.973 bits per heavy atom. The number of fused-ring (bicyclic) bond motifs is 1. The summed E-state index contributed by atoms with van der Waals surface area (Å²) in [5, 5.41) is 52.2. The molecule has 3 aromatic rings. The van der Waals surface area contributed by atoms with Crippen molar-refractivity contribution >= 4 is 22.9 Å². The lowest BCUT2D eigenvalue weighted by Crippen LogP contribution is -2.56. The number of aliphatic hydroxyl groups excluding tert-OH is 2. The third kappa shape index (κ3) is 5.07. The molecular formula is C25H24O12. The maximum absolute atomic E-state index is 13.0. The molecule has 0 spiro atoms. The molecule has 0 amide bonds. The molecule has 196 valence electrons. The molecule has 2 heterocycles. The van der Waals surface area contributed by atoms with Gasteiger partial charge in [0.15, 0.2) is 11.5 Å². The van der Waals surface area contributed by atoms with Crippen LogP contribution in [0.4, 0.5) is 0 Å². The van der Waals surface area contributed by atoms with Crippen LogP contribution in [0.3, 0.4) is 0 Å². The van der Waals surface area contributed by atoms with Crippen molar-refractivity contribution in [3.05, 3.63) is 52.2 Å². The van der Waals surface area contributed by atoms with Crippen molar-refractivity contribution in [1.82, 2.24) is 0 Å². The van der Waals surface area contributed by atoms with Crippen molar-refractivity contribution in [3.63, 3.8) is 0 Å². The molecule has 12 nitrogen and oxygen atoms in total. The van der Waals surface area contributed by atoms with E-state index in [9.17, 15) is 39.9 Å². The van der Waals surface area contributed by atoms with Crippen molar-refractivity contribution in [3.8, 4) is 28.6 Å². The summed E-state index contributed by atoms with van der Waals surface area (Å²) in [6, 6.07) is 7.93. The highest BCUT2D eigenvalue weighted by molar-refractivity contribution is 5.88. The summed E-state index contributed by atoms with van der Waals surface area (Å²) in [7, 11) is 0. The first kappa shape index (κ1) is 25.9.